The molecule has 0 aliphatic carbocycles. The molecule has 0 fully saturated rings. The second-order valence-electron chi connectivity index (χ2n) is 4.88. The Morgan fingerprint density at radius 1 is 1.45 bits per heavy atom. The minimum atomic E-state index is -1.24. The van der Waals surface area contributed by atoms with Gasteiger partial charge in [0, 0.05) is 5.56 Å². The summed E-state index contributed by atoms with van der Waals surface area (Å²) in [4.78, 5) is 33.5. The van der Waals surface area contributed by atoms with Crippen LogP contribution in [-0.2, 0) is 4.79 Å². The van der Waals surface area contributed by atoms with Crippen LogP contribution < -0.4 is 5.32 Å². The van der Waals surface area contributed by atoms with Crippen LogP contribution in [0.15, 0.2) is 12.1 Å². The monoisotopic (exact) mass is 312 g/mol. The maximum atomic E-state index is 13.4. The highest BCUT2D eigenvalue weighted by Gasteiger charge is 2.27. The highest BCUT2D eigenvalue weighted by molar-refractivity contribution is 6.00. The van der Waals surface area contributed by atoms with Crippen molar-refractivity contribution in [2.24, 2.45) is 0 Å². The summed E-state index contributed by atoms with van der Waals surface area (Å²) in [6.45, 7) is 3.17. The van der Waals surface area contributed by atoms with Gasteiger partial charge in [0.1, 0.15) is 17.4 Å². The number of hydrogen-bond donors (Lipinski definition) is 2. The van der Waals surface area contributed by atoms with Crippen LogP contribution in [0, 0.1) is 22.9 Å². The molecule has 0 heterocycles. The summed E-state index contributed by atoms with van der Waals surface area (Å²) in [6.07, 6.45) is 1.50. The first-order valence-electron chi connectivity index (χ1n) is 6.76. The molecule has 0 saturated carbocycles. The molecule has 0 aliphatic heterocycles. The molecule has 1 atom stereocenters. The molecule has 2 N–H and O–H groups in total. The number of carboxylic acids is 1. The number of aryl methyl sites for hydroxylation is 1. The number of carbonyl (C=O) groups excluding carboxylic acids is 1. The zero-order chi connectivity index (χ0) is 16.9. The molecule has 7 nitrogen and oxygen atoms in total. The summed E-state index contributed by atoms with van der Waals surface area (Å²) in [6, 6.07) is 0.510. The number of hydrogen-bond acceptors (Lipinski definition) is 4. The molecule has 0 aromatic heterocycles. The number of amides is 1. The Morgan fingerprint density at radius 3 is 2.59 bits per heavy atom. The van der Waals surface area contributed by atoms with Gasteiger partial charge in [-0.15, -0.1) is 0 Å². The average molecular weight is 312 g/mol. The number of carbonyl (C=O) groups is 2. The lowest BCUT2D eigenvalue weighted by molar-refractivity contribution is -0.385. The van der Waals surface area contributed by atoms with Gasteiger partial charge in [0.25, 0.3) is 11.6 Å². The van der Waals surface area contributed by atoms with E-state index in [-0.39, 0.29) is 12.0 Å². The molecule has 0 saturated heterocycles. The summed E-state index contributed by atoms with van der Waals surface area (Å²) in [5.74, 6) is -3.01. The van der Waals surface area contributed by atoms with E-state index in [2.05, 4.69) is 5.32 Å². The first-order chi connectivity index (χ1) is 10.3. The van der Waals surface area contributed by atoms with Crippen molar-refractivity contribution in [2.45, 2.75) is 39.2 Å². The van der Waals surface area contributed by atoms with E-state index in [9.17, 15) is 24.1 Å². The standard InChI is InChI=1S/C14H17FN2O5/c1-3-4-5-11(14(19)20)16-13(18)10-7-9(15)6-8(2)12(10)17(21)22/h6-7,11H,3-5H2,1-2H3,(H,16,18)(H,19,20). The van der Waals surface area contributed by atoms with Gasteiger partial charge in [0.15, 0.2) is 0 Å². The Labute approximate surface area is 126 Å². The zero-order valence-corrected chi connectivity index (χ0v) is 12.3. The largest absolute Gasteiger partial charge is 0.480 e. The van der Waals surface area contributed by atoms with Crippen LogP contribution in [0.4, 0.5) is 10.1 Å². The molecule has 120 valence electrons. The third-order valence-corrected chi connectivity index (χ3v) is 3.14. The van der Waals surface area contributed by atoms with Gasteiger partial charge in [0.2, 0.25) is 0 Å². The number of rotatable bonds is 7. The Morgan fingerprint density at radius 2 is 2.09 bits per heavy atom. The molecule has 1 aromatic carbocycles. The Balaban J connectivity index is 3.11. The van der Waals surface area contributed by atoms with Crippen LogP contribution in [-0.4, -0.2) is 27.9 Å². The van der Waals surface area contributed by atoms with E-state index in [0.717, 1.165) is 18.6 Å². The first kappa shape index (κ1) is 17.5. The summed E-state index contributed by atoms with van der Waals surface area (Å²) in [5.41, 5.74) is -1.01. The molecular formula is C14H17FN2O5. The minimum Gasteiger partial charge on any atom is -0.480 e. The molecule has 0 aliphatic rings. The van der Waals surface area contributed by atoms with Crippen molar-refractivity contribution in [3.8, 4) is 0 Å². The van der Waals surface area contributed by atoms with Gasteiger partial charge in [-0.05, 0) is 25.5 Å². The van der Waals surface area contributed by atoms with E-state index in [0.29, 0.717) is 6.42 Å². The molecule has 8 heteroatoms. The molecule has 0 bridgehead atoms. The maximum absolute atomic E-state index is 13.4. The third-order valence-electron chi connectivity index (χ3n) is 3.14. The van der Waals surface area contributed by atoms with Crippen molar-refractivity contribution in [3.05, 3.63) is 39.2 Å². The van der Waals surface area contributed by atoms with E-state index >= 15 is 0 Å². The molecular weight excluding hydrogens is 295 g/mol. The number of aliphatic carboxylic acids is 1. The van der Waals surface area contributed by atoms with E-state index in [1.54, 1.807) is 0 Å². The maximum Gasteiger partial charge on any atom is 0.326 e. The number of nitro groups is 1. The Bertz CT molecular complexity index is 603. The predicted molar refractivity (Wildman–Crippen MR) is 76.2 cm³/mol. The number of nitrogens with zero attached hydrogens (tertiary/aromatic N) is 1. The van der Waals surface area contributed by atoms with E-state index in [1.165, 1.54) is 6.92 Å². The lowest BCUT2D eigenvalue weighted by atomic mass is 10.1. The highest BCUT2D eigenvalue weighted by atomic mass is 19.1. The molecule has 1 rings (SSSR count). The highest BCUT2D eigenvalue weighted by Crippen LogP contribution is 2.25. The quantitative estimate of drug-likeness (QED) is 0.593. The van der Waals surface area contributed by atoms with Crippen molar-refractivity contribution in [2.75, 3.05) is 0 Å². The molecule has 22 heavy (non-hydrogen) atoms. The van der Waals surface area contributed by atoms with Gasteiger partial charge in [-0.25, -0.2) is 9.18 Å². The van der Waals surface area contributed by atoms with Gasteiger partial charge < -0.3 is 10.4 Å². The van der Waals surface area contributed by atoms with Crippen LogP contribution in [0.5, 0.6) is 0 Å². The fourth-order valence-electron chi connectivity index (χ4n) is 2.05. The van der Waals surface area contributed by atoms with Crippen molar-refractivity contribution < 1.29 is 24.0 Å². The van der Waals surface area contributed by atoms with Crippen LogP contribution in [0.2, 0.25) is 0 Å². The number of unbranched alkanes of at least 4 members (excludes halogenated alkanes) is 1. The molecule has 0 spiro atoms. The van der Waals surface area contributed by atoms with Crippen LogP contribution in [0.25, 0.3) is 0 Å². The topological polar surface area (TPSA) is 110 Å². The summed E-state index contributed by atoms with van der Waals surface area (Å²) in [7, 11) is 0. The zero-order valence-electron chi connectivity index (χ0n) is 12.3. The molecule has 0 radical (unpaired) electrons. The summed E-state index contributed by atoms with van der Waals surface area (Å²) >= 11 is 0. The average Bonchev–Trinajstić information content (AvgIpc) is 2.41. The van der Waals surface area contributed by atoms with Crippen molar-refractivity contribution >= 4 is 17.6 Å². The number of carboxylic acid groups (broad SMARTS) is 1. The fraction of sp³-hybridized carbons (Fsp3) is 0.429. The van der Waals surface area contributed by atoms with Gasteiger partial charge in [0.05, 0.1) is 4.92 Å². The van der Waals surface area contributed by atoms with Crippen molar-refractivity contribution in [1.82, 2.24) is 5.32 Å². The molecule has 1 unspecified atom stereocenters. The smallest absolute Gasteiger partial charge is 0.326 e. The van der Waals surface area contributed by atoms with Gasteiger partial charge in [-0.2, -0.15) is 0 Å². The van der Waals surface area contributed by atoms with Crippen LogP contribution >= 0.6 is 0 Å². The number of benzene rings is 1. The van der Waals surface area contributed by atoms with Crippen LogP contribution in [0.1, 0.15) is 42.1 Å². The lowest BCUT2D eigenvalue weighted by Gasteiger charge is -2.14. The lowest BCUT2D eigenvalue weighted by Crippen LogP contribution is -2.41. The third kappa shape index (κ3) is 4.24. The van der Waals surface area contributed by atoms with Crippen molar-refractivity contribution in [1.29, 1.82) is 0 Å². The minimum absolute atomic E-state index is 0.00409. The van der Waals surface area contributed by atoms with E-state index < -0.39 is 39.9 Å². The SMILES string of the molecule is CCCCC(NC(=O)c1cc(F)cc(C)c1[N+](=O)[O-])C(=O)O. The van der Waals surface area contributed by atoms with Gasteiger partial charge >= 0.3 is 5.97 Å². The Hall–Kier alpha value is -2.51. The first-order valence-corrected chi connectivity index (χ1v) is 6.76. The fourth-order valence-corrected chi connectivity index (χ4v) is 2.05. The Kier molecular flexibility index (Phi) is 5.97. The van der Waals surface area contributed by atoms with Crippen LogP contribution in [0.3, 0.4) is 0 Å². The second-order valence-corrected chi connectivity index (χ2v) is 4.88. The van der Waals surface area contributed by atoms with E-state index in [1.807, 2.05) is 6.92 Å². The van der Waals surface area contributed by atoms with Crippen molar-refractivity contribution in [3.63, 3.8) is 0 Å². The summed E-state index contributed by atoms with van der Waals surface area (Å²) in [5, 5.41) is 22.3. The molecule has 1 amide bonds. The number of nitro benzene ring substituents is 1. The molecule has 1 aromatic rings. The normalized spacial score (nSPS) is 11.8. The van der Waals surface area contributed by atoms with Gasteiger partial charge in [-0.1, -0.05) is 19.8 Å². The summed E-state index contributed by atoms with van der Waals surface area (Å²) < 4.78 is 13.4. The van der Waals surface area contributed by atoms with Gasteiger partial charge in [-0.3, -0.25) is 14.9 Å². The van der Waals surface area contributed by atoms with E-state index in [4.69, 9.17) is 5.11 Å². The predicted octanol–water partition coefficient (Wildman–Crippen LogP) is 2.42. The number of halogens is 1. The number of nitrogens with one attached hydrogen (secondary N) is 1. The second kappa shape index (κ2) is 7.48.